The number of halogens is 2. The van der Waals surface area contributed by atoms with Crippen LogP contribution in [0.5, 0.6) is 0 Å². The maximum Gasteiger partial charge on any atom is 0.377 e. The second kappa shape index (κ2) is 11.2. The summed E-state index contributed by atoms with van der Waals surface area (Å²) in [7, 11) is -4.40. The lowest BCUT2D eigenvalue weighted by Gasteiger charge is -2.41. The predicted molar refractivity (Wildman–Crippen MR) is 152 cm³/mol. The first-order chi connectivity index (χ1) is 16.7. The Hall–Kier alpha value is -1.02. The highest BCUT2D eigenvalue weighted by molar-refractivity contribution is 6.74. The third-order valence-corrected chi connectivity index (χ3v) is 17.9. The molecule has 0 N–H and O–H groups in total. The fraction of sp³-hybridized carbons (Fsp3) is 0.828. The van der Waals surface area contributed by atoms with Gasteiger partial charge in [0.25, 0.3) is 0 Å². The van der Waals surface area contributed by atoms with Crippen molar-refractivity contribution in [2.75, 3.05) is 0 Å². The molecule has 1 saturated heterocycles. The van der Waals surface area contributed by atoms with E-state index >= 15 is 8.78 Å². The van der Waals surface area contributed by atoms with E-state index in [0.717, 1.165) is 6.42 Å². The van der Waals surface area contributed by atoms with Gasteiger partial charge < -0.3 is 13.6 Å². The highest BCUT2D eigenvalue weighted by atomic mass is 28.4. The maximum atomic E-state index is 15.1. The lowest BCUT2D eigenvalue weighted by Crippen LogP contribution is -2.46. The van der Waals surface area contributed by atoms with Gasteiger partial charge in [0.15, 0.2) is 16.6 Å². The van der Waals surface area contributed by atoms with Crippen molar-refractivity contribution in [2.45, 2.75) is 135 Å². The Bertz CT molecular complexity index is 906. The van der Waals surface area contributed by atoms with Crippen molar-refractivity contribution < 1.29 is 27.2 Å². The lowest BCUT2D eigenvalue weighted by molar-refractivity contribution is -0.163. The van der Waals surface area contributed by atoms with Gasteiger partial charge in [-0.3, -0.25) is 0 Å². The van der Waals surface area contributed by atoms with Gasteiger partial charge in [-0.2, -0.15) is 8.78 Å². The van der Waals surface area contributed by atoms with Crippen molar-refractivity contribution in [2.24, 2.45) is 17.8 Å². The number of carbonyl (C=O) groups excluding carboxylic acids is 1. The number of hydrogen-bond donors (Lipinski definition) is 0. The Labute approximate surface area is 226 Å². The van der Waals surface area contributed by atoms with Crippen molar-refractivity contribution in [1.29, 1.82) is 0 Å². The van der Waals surface area contributed by atoms with E-state index in [1.54, 1.807) is 0 Å². The number of rotatable bonds is 8. The molecule has 0 aromatic carbocycles. The maximum absolute atomic E-state index is 15.1. The molecule has 6 atom stereocenters. The zero-order valence-corrected chi connectivity index (χ0v) is 27.1. The summed E-state index contributed by atoms with van der Waals surface area (Å²) in [5.74, 6) is -0.363. The second-order valence-corrected chi connectivity index (χ2v) is 23.5. The minimum Gasteiger partial charge on any atom is -0.457 e. The Morgan fingerprint density at radius 1 is 1.08 bits per heavy atom. The lowest BCUT2D eigenvalue weighted by atomic mass is 9.88. The Morgan fingerprint density at radius 2 is 1.65 bits per heavy atom. The van der Waals surface area contributed by atoms with Gasteiger partial charge in [-0.1, -0.05) is 67.5 Å². The molecule has 0 spiro atoms. The minimum absolute atomic E-state index is 0.000910. The largest absolute Gasteiger partial charge is 0.457 e. The van der Waals surface area contributed by atoms with Crippen molar-refractivity contribution in [3.05, 3.63) is 12.2 Å². The number of hydrogen-bond acceptors (Lipinski definition) is 4. The highest BCUT2D eigenvalue weighted by Crippen LogP contribution is 2.52. The van der Waals surface area contributed by atoms with Crippen LogP contribution in [0.2, 0.25) is 36.3 Å². The van der Waals surface area contributed by atoms with Crippen LogP contribution in [0.4, 0.5) is 8.78 Å². The van der Waals surface area contributed by atoms with Gasteiger partial charge >= 0.3 is 11.9 Å². The smallest absolute Gasteiger partial charge is 0.377 e. The fourth-order valence-electron chi connectivity index (χ4n) is 4.46. The molecule has 0 aromatic rings. The zero-order chi connectivity index (χ0) is 28.6. The molecular weight excluding hydrogens is 506 g/mol. The molecule has 212 valence electrons. The van der Waals surface area contributed by atoms with Gasteiger partial charge in [-0.15, -0.1) is 11.8 Å². The van der Waals surface area contributed by atoms with Crippen molar-refractivity contribution in [1.82, 2.24) is 0 Å². The Balaban J connectivity index is 2.46. The fourth-order valence-corrected chi connectivity index (χ4v) is 7.17. The van der Waals surface area contributed by atoms with Crippen LogP contribution in [0.3, 0.4) is 0 Å². The van der Waals surface area contributed by atoms with Crippen molar-refractivity contribution >= 4 is 22.6 Å². The standard InChI is InChI=1S/C29H50F2O4Si2/c1-13-14-15-16-20(2)22(34-36(9,10)27(3,4)5)18-17-21-23(35-37(11,12)28(6,7)8)19-24-25(21)29(30,31)26(32)33-24/h17-18,20-25H,13,16,19H2,1-12H3/t20-,21-,22+,23+,24-,25+/m0/s1. The molecule has 2 rings (SSSR count). The Morgan fingerprint density at radius 3 is 2.16 bits per heavy atom. The molecule has 0 aromatic heterocycles. The molecule has 37 heavy (non-hydrogen) atoms. The summed E-state index contributed by atoms with van der Waals surface area (Å²) in [6.45, 7) is 25.7. The topological polar surface area (TPSA) is 44.8 Å². The molecule has 8 heteroatoms. The van der Waals surface area contributed by atoms with Gasteiger partial charge in [-0.25, -0.2) is 4.79 Å². The number of fused-ring (bicyclic) bond motifs is 1. The van der Waals surface area contributed by atoms with Crippen LogP contribution in [0, 0.1) is 29.6 Å². The molecule has 1 aliphatic carbocycles. The van der Waals surface area contributed by atoms with Crippen LogP contribution >= 0.6 is 0 Å². The first kappa shape index (κ1) is 32.2. The van der Waals surface area contributed by atoms with E-state index in [9.17, 15) is 4.79 Å². The summed E-state index contributed by atoms with van der Waals surface area (Å²) >= 11 is 0. The first-order valence-corrected chi connectivity index (χ1v) is 19.6. The average Bonchev–Trinajstić information content (AvgIpc) is 3.16. The third kappa shape index (κ3) is 7.15. The summed E-state index contributed by atoms with van der Waals surface area (Å²) < 4.78 is 48.9. The Kier molecular flexibility index (Phi) is 9.77. The monoisotopic (exact) mass is 556 g/mol. The van der Waals surface area contributed by atoms with Crippen LogP contribution in [0.25, 0.3) is 0 Å². The number of esters is 1. The molecule has 1 aliphatic heterocycles. The number of carbonyl (C=O) groups is 1. The van der Waals surface area contributed by atoms with Crippen LogP contribution in [-0.4, -0.2) is 46.8 Å². The van der Waals surface area contributed by atoms with Crippen molar-refractivity contribution in [3.8, 4) is 11.8 Å². The SMILES string of the molecule is CCC#CC[C@H](C)[C@@H](C=C[C@@H]1[C@@H]2[C@H](C[C@H]1O[Si](C)(C)C(C)(C)C)OC(=O)C2(F)F)O[Si](C)(C)C(C)(C)C. The van der Waals surface area contributed by atoms with Gasteiger partial charge in [0.2, 0.25) is 0 Å². The van der Waals surface area contributed by atoms with E-state index in [1.807, 2.05) is 19.1 Å². The summed E-state index contributed by atoms with van der Waals surface area (Å²) in [4.78, 5) is 12.0. The van der Waals surface area contributed by atoms with Gasteiger partial charge in [-0.05, 0) is 42.2 Å². The van der Waals surface area contributed by atoms with Gasteiger partial charge in [0.1, 0.15) is 6.10 Å². The quantitative estimate of drug-likeness (QED) is 0.132. The average molecular weight is 557 g/mol. The van der Waals surface area contributed by atoms with E-state index in [2.05, 4.69) is 86.5 Å². The van der Waals surface area contributed by atoms with Gasteiger partial charge in [0, 0.05) is 25.2 Å². The molecule has 0 amide bonds. The van der Waals surface area contributed by atoms with Crippen LogP contribution in [-0.2, 0) is 18.4 Å². The summed E-state index contributed by atoms with van der Waals surface area (Å²) in [6.07, 6.45) is 4.00. The molecule has 0 bridgehead atoms. The third-order valence-electron chi connectivity index (χ3n) is 8.96. The normalized spacial score (nSPS) is 28.0. The zero-order valence-electron chi connectivity index (χ0n) is 25.1. The first-order valence-electron chi connectivity index (χ1n) is 13.7. The molecule has 4 nitrogen and oxygen atoms in total. The van der Waals surface area contributed by atoms with Crippen LogP contribution in [0.1, 0.15) is 74.7 Å². The molecular formula is C29H50F2O4Si2. The van der Waals surface area contributed by atoms with E-state index in [4.69, 9.17) is 13.6 Å². The van der Waals surface area contributed by atoms with Gasteiger partial charge in [0.05, 0.1) is 18.1 Å². The predicted octanol–water partition coefficient (Wildman–Crippen LogP) is 7.96. The summed E-state index contributed by atoms with van der Waals surface area (Å²) in [6, 6.07) is 0. The number of ether oxygens (including phenoxy) is 1. The van der Waals surface area contributed by atoms with Crippen LogP contribution in [0.15, 0.2) is 12.2 Å². The van der Waals surface area contributed by atoms with E-state index in [1.165, 1.54) is 0 Å². The molecule has 2 aliphatic rings. The van der Waals surface area contributed by atoms with E-state index < -0.39 is 52.6 Å². The molecule has 0 unspecified atom stereocenters. The number of alkyl halides is 2. The van der Waals surface area contributed by atoms with E-state index in [-0.39, 0.29) is 22.1 Å². The van der Waals surface area contributed by atoms with E-state index in [0.29, 0.717) is 12.8 Å². The summed E-state index contributed by atoms with van der Waals surface area (Å²) in [5.41, 5.74) is 0. The molecule has 2 fully saturated rings. The van der Waals surface area contributed by atoms with Crippen LogP contribution < -0.4 is 0 Å². The molecule has 0 radical (unpaired) electrons. The molecule has 1 saturated carbocycles. The highest BCUT2D eigenvalue weighted by Gasteiger charge is 2.67. The minimum atomic E-state index is -3.53. The molecule has 1 heterocycles. The summed E-state index contributed by atoms with van der Waals surface area (Å²) in [5, 5.41) is -0.0717. The second-order valence-electron chi connectivity index (χ2n) is 13.9. The van der Waals surface area contributed by atoms with Crippen molar-refractivity contribution in [3.63, 3.8) is 0 Å².